The van der Waals surface area contributed by atoms with Crippen LogP contribution in [0.3, 0.4) is 0 Å². The Balaban J connectivity index is 1.49. The number of rotatable bonds is 3. The number of hydrogen-bond donors (Lipinski definition) is 1. The average Bonchev–Trinajstić information content (AvgIpc) is 3.19. The van der Waals surface area contributed by atoms with Crippen LogP contribution in [-0.2, 0) is 11.3 Å². The molecule has 1 aliphatic heterocycles. The number of hydrogen-bond acceptors (Lipinski definition) is 3. The van der Waals surface area contributed by atoms with Gasteiger partial charge in [0.15, 0.2) is 0 Å². The Morgan fingerprint density at radius 3 is 2.81 bits per heavy atom. The van der Waals surface area contributed by atoms with E-state index in [0.29, 0.717) is 6.54 Å². The number of likely N-dealkylation sites (tertiary alicyclic amines) is 1. The van der Waals surface area contributed by atoms with Gasteiger partial charge in [-0.25, -0.2) is 4.98 Å². The van der Waals surface area contributed by atoms with Crippen LogP contribution in [0.2, 0.25) is 0 Å². The molecule has 26 heavy (non-hydrogen) atoms. The molecule has 1 aliphatic rings. The molecule has 1 aromatic carbocycles. The molecule has 0 bridgehead atoms. The van der Waals surface area contributed by atoms with Crippen molar-refractivity contribution in [1.29, 1.82) is 0 Å². The molecule has 1 fully saturated rings. The van der Waals surface area contributed by atoms with Gasteiger partial charge in [0.05, 0.1) is 16.7 Å². The SMILES string of the molecule is Cc1nn(CC(=O)N2CCC[C@@H](c3nc4ccccc4[nH]3)C2)c(C)c1C. The van der Waals surface area contributed by atoms with E-state index in [1.165, 1.54) is 0 Å². The number of aromatic nitrogens is 4. The molecule has 0 aliphatic carbocycles. The van der Waals surface area contributed by atoms with Crippen molar-refractivity contribution < 1.29 is 4.79 Å². The van der Waals surface area contributed by atoms with Gasteiger partial charge in [-0.05, 0) is 51.3 Å². The lowest BCUT2D eigenvalue weighted by Crippen LogP contribution is -2.41. The first-order valence-electron chi connectivity index (χ1n) is 9.26. The van der Waals surface area contributed by atoms with Crippen molar-refractivity contribution in [3.05, 3.63) is 47.0 Å². The summed E-state index contributed by atoms with van der Waals surface area (Å²) in [5.74, 6) is 1.39. The number of H-pyrrole nitrogens is 1. The molecular weight excluding hydrogens is 326 g/mol. The maximum Gasteiger partial charge on any atom is 0.244 e. The molecule has 3 aromatic rings. The minimum Gasteiger partial charge on any atom is -0.342 e. The molecule has 3 heterocycles. The number of nitrogens with zero attached hydrogens (tertiary/aromatic N) is 4. The van der Waals surface area contributed by atoms with Crippen molar-refractivity contribution in [2.75, 3.05) is 13.1 Å². The molecule has 2 aromatic heterocycles. The number of imidazole rings is 1. The number of carbonyl (C=O) groups is 1. The van der Waals surface area contributed by atoms with Gasteiger partial charge in [0.1, 0.15) is 12.4 Å². The number of benzene rings is 1. The van der Waals surface area contributed by atoms with Crippen molar-refractivity contribution in [3.63, 3.8) is 0 Å². The van der Waals surface area contributed by atoms with Crippen molar-refractivity contribution >= 4 is 16.9 Å². The highest BCUT2D eigenvalue weighted by Gasteiger charge is 2.27. The Bertz CT molecular complexity index is 921. The summed E-state index contributed by atoms with van der Waals surface area (Å²) >= 11 is 0. The van der Waals surface area contributed by atoms with Crippen LogP contribution < -0.4 is 0 Å². The third-order valence-corrected chi connectivity index (χ3v) is 5.60. The van der Waals surface area contributed by atoms with E-state index >= 15 is 0 Å². The first-order valence-corrected chi connectivity index (χ1v) is 9.26. The second kappa shape index (κ2) is 6.59. The highest BCUT2D eigenvalue weighted by molar-refractivity contribution is 5.77. The lowest BCUT2D eigenvalue weighted by molar-refractivity contribution is -0.133. The zero-order chi connectivity index (χ0) is 18.3. The molecule has 4 rings (SSSR count). The molecule has 1 amide bonds. The normalized spacial score (nSPS) is 17.8. The minimum absolute atomic E-state index is 0.136. The van der Waals surface area contributed by atoms with Gasteiger partial charge in [0.2, 0.25) is 5.91 Å². The summed E-state index contributed by atoms with van der Waals surface area (Å²) in [6.45, 7) is 7.91. The van der Waals surface area contributed by atoms with Crippen LogP contribution in [0.25, 0.3) is 11.0 Å². The monoisotopic (exact) mass is 351 g/mol. The fraction of sp³-hybridized carbons (Fsp3) is 0.450. The topological polar surface area (TPSA) is 66.8 Å². The summed E-state index contributed by atoms with van der Waals surface area (Å²) < 4.78 is 1.83. The number of piperidine rings is 1. The number of amides is 1. The molecule has 1 saturated heterocycles. The van der Waals surface area contributed by atoms with Crippen LogP contribution in [0.15, 0.2) is 24.3 Å². The molecule has 6 nitrogen and oxygen atoms in total. The van der Waals surface area contributed by atoms with E-state index in [2.05, 4.69) is 17.0 Å². The summed E-state index contributed by atoms with van der Waals surface area (Å²) in [7, 11) is 0. The van der Waals surface area contributed by atoms with Crippen LogP contribution >= 0.6 is 0 Å². The fourth-order valence-corrected chi connectivity index (χ4v) is 3.76. The molecule has 1 N–H and O–H groups in total. The van der Waals surface area contributed by atoms with Gasteiger partial charge in [0.25, 0.3) is 0 Å². The Morgan fingerprint density at radius 1 is 1.27 bits per heavy atom. The summed E-state index contributed by atoms with van der Waals surface area (Å²) in [6, 6.07) is 8.08. The Hall–Kier alpha value is -2.63. The second-order valence-corrected chi connectivity index (χ2v) is 7.27. The largest absolute Gasteiger partial charge is 0.342 e. The van der Waals surface area contributed by atoms with Crippen LogP contribution in [0.5, 0.6) is 0 Å². The number of para-hydroxylation sites is 2. The highest BCUT2D eigenvalue weighted by atomic mass is 16.2. The van der Waals surface area contributed by atoms with Gasteiger partial charge in [-0.3, -0.25) is 9.48 Å². The second-order valence-electron chi connectivity index (χ2n) is 7.27. The Kier molecular flexibility index (Phi) is 4.26. The number of carbonyl (C=O) groups excluding carboxylic acids is 1. The smallest absolute Gasteiger partial charge is 0.244 e. The van der Waals surface area contributed by atoms with Crippen LogP contribution in [-0.4, -0.2) is 43.6 Å². The zero-order valence-corrected chi connectivity index (χ0v) is 15.6. The Labute approximate surface area is 153 Å². The van der Waals surface area contributed by atoms with Crippen molar-refractivity contribution in [2.45, 2.75) is 46.1 Å². The van der Waals surface area contributed by atoms with E-state index in [9.17, 15) is 4.79 Å². The molecule has 1 atom stereocenters. The highest BCUT2D eigenvalue weighted by Crippen LogP contribution is 2.27. The van der Waals surface area contributed by atoms with E-state index in [1.54, 1.807) is 0 Å². The number of aryl methyl sites for hydroxylation is 1. The maximum absolute atomic E-state index is 12.8. The predicted molar refractivity (Wildman–Crippen MR) is 101 cm³/mol. The quantitative estimate of drug-likeness (QED) is 0.788. The van der Waals surface area contributed by atoms with Crippen LogP contribution in [0.1, 0.15) is 41.5 Å². The van der Waals surface area contributed by atoms with Crippen LogP contribution in [0, 0.1) is 20.8 Å². The molecule has 6 heteroatoms. The molecule has 0 unspecified atom stereocenters. The van der Waals surface area contributed by atoms with Crippen molar-refractivity contribution in [2.24, 2.45) is 0 Å². The lowest BCUT2D eigenvalue weighted by Gasteiger charge is -2.32. The Morgan fingerprint density at radius 2 is 2.08 bits per heavy atom. The fourth-order valence-electron chi connectivity index (χ4n) is 3.76. The minimum atomic E-state index is 0.136. The van der Waals surface area contributed by atoms with Gasteiger partial charge in [-0.1, -0.05) is 12.1 Å². The first kappa shape index (κ1) is 16.8. The van der Waals surface area contributed by atoms with Gasteiger partial charge in [-0.2, -0.15) is 5.10 Å². The molecule has 0 saturated carbocycles. The van der Waals surface area contributed by atoms with Crippen molar-refractivity contribution in [1.82, 2.24) is 24.6 Å². The van der Waals surface area contributed by atoms with Gasteiger partial charge >= 0.3 is 0 Å². The standard InChI is InChI=1S/C20H25N5O/c1-13-14(2)23-25(15(13)3)12-19(26)24-10-6-7-16(11-24)20-21-17-8-4-5-9-18(17)22-20/h4-5,8-9,16H,6-7,10-12H2,1-3H3,(H,21,22)/t16-/m1/s1. The van der Waals surface area contributed by atoms with E-state index in [-0.39, 0.29) is 11.8 Å². The summed E-state index contributed by atoms with van der Waals surface area (Å²) in [5, 5.41) is 4.50. The number of fused-ring (bicyclic) bond motifs is 1. The number of nitrogens with one attached hydrogen (secondary N) is 1. The molecule has 0 radical (unpaired) electrons. The maximum atomic E-state index is 12.8. The van der Waals surface area contributed by atoms with Crippen molar-refractivity contribution in [3.8, 4) is 0 Å². The summed E-state index contributed by atoms with van der Waals surface area (Å²) in [6.07, 6.45) is 2.06. The van der Waals surface area contributed by atoms with Gasteiger partial charge in [0, 0.05) is 24.7 Å². The lowest BCUT2D eigenvalue weighted by atomic mass is 9.97. The van der Waals surface area contributed by atoms with E-state index in [1.807, 2.05) is 47.7 Å². The predicted octanol–water partition coefficient (Wildman–Crippen LogP) is 3.09. The summed E-state index contributed by atoms with van der Waals surface area (Å²) in [5.41, 5.74) is 5.28. The van der Waals surface area contributed by atoms with E-state index < -0.39 is 0 Å². The van der Waals surface area contributed by atoms with Gasteiger partial charge in [-0.15, -0.1) is 0 Å². The number of aromatic amines is 1. The van der Waals surface area contributed by atoms with E-state index in [4.69, 9.17) is 4.98 Å². The van der Waals surface area contributed by atoms with Gasteiger partial charge < -0.3 is 9.88 Å². The average molecular weight is 351 g/mol. The van der Waals surface area contributed by atoms with E-state index in [0.717, 1.165) is 59.7 Å². The molecule has 0 spiro atoms. The third-order valence-electron chi connectivity index (χ3n) is 5.60. The summed E-state index contributed by atoms with van der Waals surface area (Å²) in [4.78, 5) is 22.9. The third kappa shape index (κ3) is 3.00. The molecule has 136 valence electrons. The molecular formula is C20H25N5O. The van der Waals surface area contributed by atoms with Crippen LogP contribution in [0.4, 0.5) is 0 Å². The first-order chi connectivity index (χ1) is 12.5. The zero-order valence-electron chi connectivity index (χ0n) is 15.6.